The van der Waals surface area contributed by atoms with Gasteiger partial charge in [0, 0.05) is 11.8 Å². The molecule has 0 saturated heterocycles. The quantitative estimate of drug-likeness (QED) is 0.693. The van der Waals surface area contributed by atoms with Gasteiger partial charge in [0.2, 0.25) is 0 Å². The smallest absolute Gasteiger partial charge is 0.338 e. The van der Waals surface area contributed by atoms with E-state index in [9.17, 15) is 9.59 Å². The minimum Gasteiger partial charge on any atom is -0.493 e. The fourth-order valence-corrected chi connectivity index (χ4v) is 2.69. The molecule has 0 radical (unpaired) electrons. The van der Waals surface area contributed by atoms with Crippen LogP contribution in [-0.2, 0) is 16.0 Å². The maximum Gasteiger partial charge on any atom is 0.338 e. The van der Waals surface area contributed by atoms with Crippen LogP contribution in [0.15, 0.2) is 42.5 Å². The summed E-state index contributed by atoms with van der Waals surface area (Å²) in [5.41, 5.74) is 2.09. The Morgan fingerprint density at radius 1 is 0.929 bits per heavy atom. The van der Waals surface area contributed by atoms with Gasteiger partial charge in [0.05, 0.1) is 19.8 Å². The number of esters is 1. The number of benzene rings is 2. The topological polar surface area (TPSA) is 73.9 Å². The van der Waals surface area contributed by atoms with Crippen molar-refractivity contribution in [2.45, 2.75) is 33.3 Å². The highest BCUT2D eigenvalue weighted by Gasteiger charge is 2.19. The maximum absolute atomic E-state index is 12.3. The van der Waals surface area contributed by atoms with Crippen molar-refractivity contribution in [3.8, 4) is 11.5 Å². The predicted octanol–water partition coefficient (Wildman–Crippen LogP) is 4.09. The maximum atomic E-state index is 12.3. The van der Waals surface area contributed by atoms with Gasteiger partial charge in [-0.2, -0.15) is 0 Å². The Balaban J connectivity index is 1.97. The number of methoxy groups -OCH3 is 2. The zero-order chi connectivity index (χ0) is 20.7. The summed E-state index contributed by atoms with van der Waals surface area (Å²) in [5, 5.41) is 2.70. The first-order valence-electron chi connectivity index (χ1n) is 9.16. The van der Waals surface area contributed by atoms with E-state index in [-0.39, 0.29) is 0 Å². The monoisotopic (exact) mass is 385 g/mol. The lowest BCUT2D eigenvalue weighted by molar-refractivity contribution is -0.123. The van der Waals surface area contributed by atoms with E-state index in [1.165, 1.54) is 21.1 Å². The van der Waals surface area contributed by atoms with Crippen LogP contribution in [-0.4, -0.2) is 32.2 Å². The molecule has 2 aromatic rings. The van der Waals surface area contributed by atoms with Crippen molar-refractivity contribution in [2.75, 3.05) is 19.5 Å². The molecule has 0 aliphatic carbocycles. The number of amides is 1. The van der Waals surface area contributed by atoms with E-state index < -0.39 is 18.0 Å². The van der Waals surface area contributed by atoms with Gasteiger partial charge in [0.15, 0.2) is 17.6 Å². The van der Waals surface area contributed by atoms with Crippen LogP contribution >= 0.6 is 0 Å². The summed E-state index contributed by atoms with van der Waals surface area (Å²) in [6.07, 6.45) is -0.00430. The number of hydrogen-bond acceptors (Lipinski definition) is 5. The van der Waals surface area contributed by atoms with Crippen molar-refractivity contribution >= 4 is 17.6 Å². The second-order valence-corrected chi connectivity index (χ2v) is 6.90. The Kier molecular flexibility index (Phi) is 7.44. The van der Waals surface area contributed by atoms with Gasteiger partial charge >= 0.3 is 5.97 Å². The number of rotatable bonds is 8. The molecule has 6 nitrogen and oxygen atoms in total. The Hall–Kier alpha value is -3.02. The third-order valence-electron chi connectivity index (χ3n) is 4.14. The molecule has 2 aromatic carbocycles. The van der Waals surface area contributed by atoms with E-state index >= 15 is 0 Å². The standard InChI is InChI=1S/C22H27NO5/c1-14(2)12-16-6-8-17(9-7-16)22(25)28-15(3)21(24)23-18-10-11-19(26-4)20(13-18)27-5/h6-11,13-15H,12H2,1-5H3,(H,23,24)/t15-/m0/s1. The average molecular weight is 385 g/mol. The number of hydrogen-bond donors (Lipinski definition) is 1. The highest BCUT2D eigenvalue weighted by molar-refractivity contribution is 5.97. The highest BCUT2D eigenvalue weighted by atomic mass is 16.5. The van der Waals surface area contributed by atoms with Crippen molar-refractivity contribution < 1.29 is 23.8 Å². The Bertz CT molecular complexity index is 814. The first-order chi connectivity index (χ1) is 13.3. The van der Waals surface area contributed by atoms with Crippen molar-refractivity contribution in [1.29, 1.82) is 0 Å². The molecule has 0 aliphatic rings. The zero-order valence-electron chi connectivity index (χ0n) is 16.9. The van der Waals surface area contributed by atoms with Crippen LogP contribution < -0.4 is 14.8 Å². The molecule has 0 fully saturated rings. The van der Waals surface area contributed by atoms with Gasteiger partial charge in [-0.25, -0.2) is 4.79 Å². The van der Waals surface area contributed by atoms with Gasteiger partial charge in [-0.3, -0.25) is 4.79 Å². The van der Waals surface area contributed by atoms with E-state index in [0.717, 1.165) is 12.0 Å². The van der Waals surface area contributed by atoms with Crippen LogP contribution in [0, 0.1) is 5.92 Å². The first-order valence-corrected chi connectivity index (χ1v) is 9.16. The van der Waals surface area contributed by atoms with Gasteiger partial charge in [-0.1, -0.05) is 26.0 Å². The van der Waals surface area contributed by atoms with Crippen molar-refractivity contribution in [2.24, 2.45) is 5.92 Å². The molecule has 6 heteroatoms. The normalized spacial score (nSPS) is 11.6. The lowest BCUT2D eigenvalue weighted by atomic mass is 10.0. The molecular weight excluding hydrogens is 358 g/mol. The van der Waals surface area contributed by atoms with Crippen LogP contribution in [0.1, 0.15) is 36.7 Å². The number of nitrogens with one attached hydrogen (secondary N) is 1. The first kappa shape index (κ1) is 21.3. The summed E-state index contributed by atoms with van der Waals surface area (Å²) in [6, 6.07) is 12.3. The van der Waals surface area contributed by atoms with E-state index in [0.29, 0.717) is 28.7 Å². The molecule has 0 saturated carbocycles. The second kappa shape index (κ2) is 9.78. The van der Waals surface area contributed by atoms with Crippen LogP contribution in [0.3, 0.4) is 0 Å². The molecule has 0 aliphatic heterocycles. The third kappa shape index (κ3) is 5.74. The molecule has 0 unspecified atom stereocenters. The Morgan fingerprint density at radius 2 is 1.57 bits per heavy atom. The van der Waals surface area contributed by atoms with Crippen LogP contribution in [0.25, 0.3) is 0 Å². The lowest BCUT2D eigenvalue weighted by Crippen LogP contribution is -2.30. The Labute approximate surface area is 165 Å². The number of carbonyl (C=O) groups excluding carboxylic acids is 2. The highest BCUT2D eigenvalue weighted by Crippen LogP contribution is 2.29. The van der Waals surface area contributed by atoms with Crippen LogP contribution in [0.4, 0.5) is 5.69 Å². The predicted molar refractivity (Wildman–Crippen MR) is 108 cm³/mol. The lowest BCUT2D eigenvalue weighted by Gasteiger charge is -2.15. The Morgan fingerprint density at radius 3 is 2.14 bits per heavy atom. The minimum absolute atomic E-state index is 0.415. The summed E-state index contributed by atoms with van der Waals surface area (Å²) in [4.78, 5) is 24.6. The molecule has 1 amide bonds. The van der Waals surface area contributed by atoms with Crippen molar-refractivity contribution in [3.05, 3.63) is 53.6 Å². The number of ether oxygens (including phenoxy) is 3. The summed E-state index contributed by atoms with van der Waals surface area (Å²) >= 11 is 0. The van der Waals surface area contributed by atoms with E-state index in [1.54, 1.807) is 30.3 Å². The summed E-state index contributed by atoms with van der Waals surface area (Å²) in [6.45, 7) is 5.81. The van der Waals surface area contributed by atoms with Gasteiger partial charge in [0.25, 0.3) is 5.91 Å². The van der Waals surface area contributed by atoms with Crippen molar-refractivity contribution in [3.63, 3.8) is 0 Å². The molecule has 150 valence electrons. The SMILES string of the molecule is COc1ccc(NC(=O)[C@H](C)OC(=O)c2ccc(CC(C)C)cc2)cc1OC. The summed E-state index contributed by atoms with van der Waals surface area (Å²) < 4.78 is 15.7. The fraction of sp³-hybridized carbons (Fsp3) is 0.364. The number of anilines is 1. The summed E-state index contributed by atoms with van der Waals surface area (Å²) in [5.74, 6) is 0.619. The molecule has 1 atom stereocenters. The molecule has 0 bridgehead atoms. The molecule has 0 heterocycles. The van der Waals surface area contributed by atoms with E-state index in [2.05, 4.69) is 19.2 Å². The second-order valence-electron chi connectivity index (χ2n) is 6.90. The zero-order valence-corrected chi connectivity index (χ0v) is 16.9. The molecule has 1 N–H and O–H groups in total. The molecule has 2 rings (SSSR count). The van der Waals surface area contributed by atoms with Crippen LogP contribution in [0.5, 0.6) is 11.5 Å². The molecule has 28 heavy (non-hydrogen) atoms. The molecular formula is C22H27NO5. The van der Waals surface area contributed by atoms with E-state index in [4.69, 9.17) is 14.2 Å². The average Bonchev–Trinajstić information content (AvgIpc) is 2.67. The van der Waals surface area contributed by atoms with Crippen LogP contribution in [0.2, 0.25) is 0 Å². The number of carbonyl (C=O) groups is 2. The molecule has 0 aromatic heterocycles. The van der Waals surface area contributed by atoms with E-state index in [1.807, 2.05) is 12.1 Å². The molecule has 0 spiro atoms. The fourth-order valence-electron chi connectivity index (χ4n) is 2.69. The van der Waals surface area contributed by atoms with Gasteiger partial charge in [-0.15, -0.1) is 0 Å². The third-order valence-corrected chi connectivity index (χ3v) is 4.14. The van der Waals surface area contributed by atoms with Gasteiger partial charge in [-0.05, 0) is 49.1 Å². The minimum atomic E-state index is -0.948. The largest absolute Gasteiger partial charge is 0.493 e. The summed E-state index contributed by atoms with van der Waals surface area (Å²) in [7, 11) is 3.05. The van der Waals surface area contributed by atoms with Crippen molar-refractivity contribution in [1.82, 2.24) is 0 Å². The van der Waals surface area contributed by atoms with Gasteiger partial charge < -0.3 is 19.5 Å². The van der Waals surface area contributed by atoms with Gasteiger partial charge in [0.1, 0.15) is 0 Å².